The molecule has 0 atom stereocenters. The maximum Gasteiger partial charge on any atom is 0.0774 e. The van der Waals surface area contributed by atoms with Gasteiger partial charge in [0.05, 0.1) is 13.2 Å². The van der Waals surface area contributed by atoms with Crippen molar-refractivity contribution in [1.29, 1.82) is 0 Å². The van der Waals surface area contributed by atoms with Gasteiger partial charge >= 0.3 is 0 Å². The Bertz CT molecular complexity index is 164. The van der Waals surface area contributed by atoms with E-state index in [2.05, 4.69) is 0 Å². The quantitative estimate of drug-likeness (QED) is 0.642. The van der Waals surface area contributed by atoms with Gasteiger partial charge in [-0.05, 0) is 17.0 Å². The highest BCUT2D eigenvalue weighted by Crippen LogP contribution is 2.13. The van der Waals surface area contributed by atoms with Gasteiger partial charge in [-0.3, -0.25) is 0 Å². The molecule has 1 aromatic heterocycles. The van der Waals surface area contributed by atoms with Crippen LogP contribution < -0.4 is 0 Å². The Morgan fingerprint density at radius 2 is 2.11 bits per heavy atom. The number of hydrogen-bond donors (Lipinski definition) is 2. The summed E-state index contributed by atoms with van der Waals surface area (Å²) < 4.78 is 0. The Labute approximate surface area is 57.4 Å². The van der Waals surface area contributed by atoms with Crippen LogP contribution in [0, 0.1) is 0 Å². The second kappa shape index (κ2) is 2.96. The third-order valence-electron chi connectivity index (χ3n) is 1.05. The molecule has 0 aliphatic rings. The molecule has 9 heavy (non-hydrogen) atoms. The summed E-state index contributed by atoms with van der Waals surface area (Å²) >= 11 is 1.46. The van der Waals surface area contributed by atoms with E-state index in [0.29, 0.717) is 0 Å². The van der Waals surface area contributed by atoms with Crippen LogP contribution in [-0.2, 0) is 13.2 Å². The fraction of sp³-hybridized carbons (Fsp3) is 0.333. The van der Waals surface area contributed by atoms with E-state index in [9.17, 15) is 0 Å². The maximum absolute atomic E-state index is 8.58. The molecule has 2 N–H and O–H groups in total. The molecule has 0 saturated carbocycles. The van der Waals surface area contributed by atoms with Crippen molar-refractivity contribution in [2.75, 3.05) is 0 Å². The van der Waals surface area contributed by atoms with Crippen molar-refractivity contribution in [3.05, 3.63) is 21.9 Å². The first-order valence-electron chi connectivity index (χ1n) is 2.65. The van der Waals surface area contributed by atoms with E-state index in [1.54, 1.807) is 6.07 Å². The lowest BCUT2D eigenvalue weighted by Crippen LogP contribution is -1.76. The van der Waals surface area contributed by atoms with E-state index < -0.39 is 0 Å². The predicted molar refractivity (Wildman–Crippen MR) is 36.2 cm³/mol. The fourth-order valence-electron chi connectivity index (χ4n) is 0.592. The van der Waals surface area contributed by atoms with Crippen molar-refractivity contribution < 1.29 is 10.2 Å². The van der Waals surface area contributed by atoms with Crippen LogP contribution in [0.4, 0.5) is 0 Å². The van der Waals surface area contributed by atoms with Gasteiger partial charge in [-0.15, -0.1) is 11.3 Å². The highest BCUT2D eigenvalue weighted by molar-refractivity contribution is 7.10. The molecule has 0 aliphatic carbocycles. The zero-order chi connectivity index (χ0) is 6.69. The first kappa shape index (κ1) is 6.74. The van der Waals surface area contributed by atoms with Crippen LogP contribution in [0.25, 0.3) is 0 Å². The van der Waals surface area contributed by atoms with Gasteiger partial charge in [-0.2, -0.15) is 0 Å². The summed E-state index contributed by atoms with van der Waals surface area (Å²) in [5.41, 5.74) is 0.879. The molecule has 0 spiro atoms. The van der Waals surface area contributed by atoms with Crippen molar-refractivity contribution >= 4 is 11.3 Å². The molecule has 0 amide bonds. The Morgan fingerprint density at radius 1 is 1.33 bits per heavy atom. The molecular weight excluding hydrogens is 136 g/mol. The third-order valence-corrected chi connectivity index (χ3v) is 2.02. The van der Waals surface area contributed by atoms with Gasteiger partial charge in [-0.1, -0.05) is 0 Å². The minimum atomic E-state index is 0.0660. The molecule has 50 valence electrons. The van der Waals surface area contributed by atoms with Crippen molar-refractivity contribution in [2.45, 2.75) is 13.2 Å². The largest absolute Gasteiger partial charge is 0.392 e. The minimum absolute atomic E-state index is 0.0660. The molecule has 0 bridgehead atoms. The normalized spacial score (nSPS) is 10.0. The van der Waals surface area contributed by atoms with Gasteiger partial charge in [0, 0.05) is 4.88 Å². The Kier molecular flexibility index (Phi) is 2.22. The number of aliphatic hydroxyl groups excluding tert-OH is 2. The number of rotatable bonds is 2. The van der Waals surface area contributed by atoms with Crippen LogP contribution >= 0.6 is 11.3 Å². The second-order valence-electron chi connectivity index (χ2n) is 1.74. The molecule has 0 saturated heterocycles. The monoisotopic (exact) mass is 144 g/mol. The van der Waals surface area contributed by atoms with Crippen LogP contribution in [0.2, 0.25) is 0 Å². The average molecular weight is 144 g/mol. The zero-order valence-electron chi connectivity index (χ0n) is 4.87. The third kappa shape index (κ3) is 1.51. The molecule has 0 unspecified atom stereocenters. The molecule has 0 fully saturated rings. The summed E-state index contributed by atoms with van der Waals surface area (Å²) in [5, 5.41) is 19.0. The van der Waals surface area contributed by atoms with Crippen LogP contribution in [-0.4, -0.2) is 10.2 Å². The van der Waals surface area contributed by atoms with E-state index in [0.717, 1.165) is 10.4 Å². The molecular formula is C6H8O2S. The second-order valence-corrected chi connectivity index (χ2v) is 2.73. The lowest BCUT2D eigenvalue weighted by atomic mass is 10.3. The molecule has 0 radical (unpaired) electrons. The lowest BCUT2D eigenvalue weighted by molar-refractivity contribution is 0.279. The highest BCUT2D eigenvalue weighted by Gasteiger charge is 1.94. The van der Waals surface area contributed by atoms with Crippen LogP contribution in [0.1, 0.15) is 10.4 Å². The predicted octanol–water partition coefficient (Wildman–Crippen LogP) is 0.733. The summed E-state index contributed by atoms with van der Waals surface area (Å²) in [6, 6.07) is 1.80. The summed E-state index contributed by atoms with van der Waals surface area (Å²) in [6.45, 7) is 0.140. The first-order chi connectivity index (χ1) is 4.36. The van der Waals surface area contributed by atoms with E-state index in [4.69, 9.17) is 10.2 Å². The standard InChI is InChI=1S/C6H8O2S/c7-2-5-1-6(3-8)9-4-5/h1,4,7-8H,2-3H2. The summed E-state index contributed by atoms with van der Waals surface area (Å²) in [4.78, 5) is 0.902. The van der Waals surface area contributed by atoms with Crippen molar-refractivity contribution in [3.8, 4) is 0 Å². The smallest absolute Gasteiger partial charge is 0.0774 e. The molecule has 2 nitrogen and oxygen atoms in total. The van der Waals surface area contributed by atoms with Gasteiger partial charge in [0.1, 0.15) is 0 Å². The van der Waals surface area contributed by atoms with Crippen LogP contribution in [0.5, 0.6) is 0 Å². The van der Waals surface area contributed by atoms with Gasteiger partial charge in [0.25, 0.3) is 0 Å². The lowest BCUT2D eigenvalue weighted by Gasteiger charge is -1.83. The SMILES string of the molecule is OCc1csc(CO)c1. The van der Waals surface area contributed by atoms with E-state index >= 15 is 0 Å². The van der Waals surface area contributed by atoms with Gasteiger partial charge < -0.3 is 10.2 Å². The molecule has 0 aliphatic heterocycles. The number of hydrogen-bond acceptors (Lipinski definition) is 3. The Hall–Kier alpha value is -0.380. The van der Waals surface area contributed by atoms with E-state index in [-0.39, 0.29) is 13.2 Å². The summed E-state index contributed by atoms with van der Waals surface area (Å²) in [5.74, 6) is 0. The maximum atomic E-state index is 8.58. The van der Waals surface area contributed by atoms with Crippen LogP contribution in [0.3, 0.4) is 0 Å². The topological polar surface area (TPSA) is 40.5 Å². The zero-order valence-corrected chi connectivity index (χ0v) is 5.69. The molecule has 1 heterocycles. The van der Waals surface area contributed by atoms with Crippen molar-refractivity contribution in [3.63, 3.8) is 0 Å². The highest BCUT2D eigenvalue weighted by atomic mass is 32.1. The first-order valence-corrected chi connectivity index (χ1v) is 3.53. The Morgan fingerprint density at radius 3 is 2.44 bits per heavy atom. The Balaban J connectivity index is 2.74. The van der Waals surface area contributed by atoms with E-state index in [1.165, 1.54) is 11.3 Å². The molecule has 3 heteroatoms. The van der Waals surface area contributed by atoms with Gasteiger partial charge in [-0.25, -0.2) is 0 Å². The molecule has 0 aromatic carbocycles. The number of thiophene rings is 1. The average Bonchev–Trinajstić information content (AvgIpc) is 2.34. The van der Waals surface area contributed by atoms with Crippen molar-refractivity contribution in [1.82, 2.24) is 0 Å². The van der Waals surface area contributed by atoms with Gasteiger partial charge in [0.2, 0.25) is 0 Å². The molecule has 1 aromatic rings. The van der Waals surface area contributed by atoms with E-state index in [1.807, 2.05) is 5.38 Å². The summed E-state index contributed by atoms with van der Waals surface area (Å²) in [6.07, 6.45) is 0. The number of aliphatic hydroxyl groups is 2. The minimum Gasteiger partial charge on any atom is -0.392 e. The van der Waals surface area contributed by atoms with Crippen molar-refractivity contribution in [2.24, 2.45) is 0 Å². The fourth-order valence-corrected chi connectivity index (χ4v) is 1.33. The van der Waals surface area contributed by atoms with Crippen LogP contribution in [0.15, 0.2) is 11.4 Å². The summed E-state index contributed by atoms with van der Waals surface area (Å²) in [7, 11) is 0. The molecule has 1 rings (SSSR count). The van der Waals surface area contributed by atoms with Gasteiger partial charge in [0.15, 0.2) is 0 Å².